The lowest BCUT2D eigenvalue weighted by Gasteiger charge is -2.36. The summed E-state index contributed by atoms with van der Waals surface area (Å²) in [7, 11) is 0. The molecule has 0 rings (SSSR count). The maximum atomic E-state index is 12.2. The van der Waals surface area contributed by atoms with Crippen molar-refractivity contribution in [2.75, 3.05) is 26.2 Å². The van der Waals surface area contributed by atoms with Crippen LogP contribution < -0.4 is 0 Å². The van der Waals surface area contributed by atoms with Gasteiger partial charge in [0.1, 0.15) is 0 Å². The highest BCUT2D eigenvalue weighted by atomic mass is 32.1. The molecule has 0 aromatic heterocycles. The Labute approximate surface area is 118 Å². The summed E-state index contributed by atoms with van der Waals surface area (Å²) in [6.45, 7) is 17.6. The normalized spacial score (nSPS) is 12.9. The Hall–Kier alpha value is -0.220. The van der Waals surface area contributed by atoms with Gasteiger partial charge in [-0.25, -0.2) is 0 Å². The van der Waals surface area contributed by atoms with Crippen LogP contribution in [0.4, 0.5) is 0 Å². The molecule has 0 aliphatic heterocycles. The van der Waals surface area contributed by atoms with E-state index < -0.39 is 0 Å². The summed E-state index contributed by atoms with van der Waals surface area (Å²) in [5.41, 5.74) is -0.302. The maximum absolute atomic E-state index is 12.2. The molecule has 0 N–H and O–H groups in total. The van der Waals surface area contributed by atoms with E-state index in [1.54, 1.807) is 0 Å². The van der Waals surface area contributed by atoms with E-state index in [-0.39, 0.29) is 16.2 Å². The van der Waals surface area contributed by atoms with Crippen LogP contribution >= 0.6 is 12.6 Å². The second-order valence-corrected chi connectivity index (χ2v) is 7.30. The Balaban J connectivity index is 4.53. The number of carbonyl (C=O) groups is 1. The van der Waals surface area contributed by atoms with E-state index in [0.717, 1.165) is 26.2 Å². The van der Waals surface area contributed by atoms with Gasteiger partial charge in [0.2, 0.25) is 5.91 Å². The summed E-state index contributed by atoms with van der Waals surface area (Å²) < 4.78 is 0. The van der Waals surface area contributed by atoms with Crippen LogP contribution in [-0.2, 0) is 4.79 Å². The Bertz CT molecular complexity index is 266. The molecule has 18 heavy (non-hydrogen) atoms. The van der Waals surface area contributed by atoms with Crippen LogP contribution in [0.5, 0.6) is 0 Å². The third-order valence-corrected chi connectivity index (χ3v) is 3.39. The lowest BCUT2D eigenvalue weighted by molar-refractivity contribution is -0.139. The third-order valence-electron chi connectivity index (χ3n) is 3.11. The van der Waals surface area contributed by atoms with E-state index in [2.05, 4.69) is 38.3 Å². The summed E-state index contributed by atoms with van der Waals surface area (Å²) in [6, 6.07) is 0. The van der Waals surface area contributed by atoms with Gasteiger partial charge in [-0.05, 0) is 27.3 Å². The van der Waals surface area contributed by atoms with Crippen molar-refractivity contribution in [1.29, 1.82) is 0 Å². The summed E-state index contributed by atoms with van der Waals surface area (Å²) in [5.74, 6) is 0.220. The second-order valence-electron chi connectivity index (χ2n) is 6.21. The zero-order valence-corrected chi connectivity index (χ0v) is 14.0. The number of nitrogens with zero attached hydrogens (tertiary/aromatic N) is 2. The predicted molar refractivity (Wildman–Crippen MR) is 82.0 cm³/mol. The highest BCUT2D eigenvalue weighted by molar-refractivity contribution is 7.81. The molecule has 3 nitrogen and oxygen atoms in total. The van der Waals surface area contributed by atoms with Crippen LogP contribution in [-0.4, -0.2) is 46.8 Å². The molecule has 0 bridgehead atoms. The van der Waals surface area contributed by atoms with E-state index in [9.17, 15) is 4.79 Å². The number of hydrogen-bond acceptors (Lipinski definition) is 3. The third kappa shape index (κ3) is 5.61. The molecule has 0 saturated heterocycles. The van der Waals surface area contributed by atoms with E-state index in [4.69, 9.17) is 0 Å². The molecule has 0 radical (unpaired) electrons. The maximum Gasteiger partial charge on any atom is 0.227 e. The quantitative estimate of drug-likeness (QED) is 0.595. The van der Waals surface area contributed by atoms with Crippen molar-refractivity contribution in [2.45, 2.75) is 53.3 Å². The number of hydrogen-bond donors (Lipinski definition) is 1. The average Bonchev–Trinajstić information content (AvgIpc) is 2.20. The fraction of sp³-hybridized carbons (Fsp3) is 0.929. The van der Waals surface area contributed by atoms with Crippen LogP contribution in [0.25, 0.3) is 0 Å². The molecule has 4 heteroatoms. The molecule has 0 aromatic carbocycles. The van der Waals surface area contributed by atoms with E-state index in [0.29, 0.717) is 0 Å². The van der Waals surface area contributed by atoms with Crippen molar-refractivity contribution in [3.8, 4) is 0 Å². The smallest absolute Gasteiger partial charge is 0.227 e. The highest BCUT2D eigenvalue weighted by Gasteiger charge is 2.27. The topological polar surface area (TPSA) is 23.6 Å². The van der Waals surface area contributed by atoms with Gasteiger partial charge in [0, 0.05) is 25.0 Å². The van der Waals surface area contributed by atoms with Crippen LogP contribution in [0, 0.1) is 5.41 Å². The molecule has 0 unspecified atom stereocenters. The summed E-state index contributed by atoms with van der Waals surface area (Å²) >= 11 is 4.59. The van der Waals surface area contributed by atoms with Crippen LogP contribution in [0.15, 0.2) is 0 Å². The van der Waals surface area contributed by atoms with Crippen molar-refractivity contribution in [2.24, 2.45) is 5.41 Å². The van der Waals surface area contributed by atoms with Gasteiger partial charge < -0.3 is 4.90 Å². The fourth-order valence-corrected chi connectivity index (χ4v) is 2.18. The SMILES string of the molecule is CCN(CCN(CC)C(C)(C)S)C(=O)C(C)(C)C. The average molecular weight is 274 g/mol. The summed E-state index contributed by atoms with van der Waals surface area (Å²) in [5, 5.41) is 0. The van der Waals surface area contributed by atoms with Gasteiger partial charge in [-0.1, -0.05) is 27.7 Å². The Kier molecular flexibility index (Phi) is 6.72. The molecule has 0 fully saturated rings. The number of likely N-dealkylation sites (N-methyl/N-ethyl adjacent to an activating group) is 2. The molecular weight excluding hydrogens is 244 g/mol. The van der Waals surface area contributed by atoms with Gasteiger partial charge in [-0.3, -0.25) is 9.69 Å². The molecule has 1 amide bonds. The Morgan fingerprint density at radius 3 is 1.78 bits per heavy atom. The lowest BCUT2D eigenvalue weighted by Crippen LogP contribution is -2.47. The molecule has 0 spiro atoms. The molecule has 0 saturated carbocycles. The number of rotatable bonds is 6. The minimum Gasteiger partial charge on any atom is -0.341 e. The Morgan fingerprint density at radius 2 is 1.50 bits per heavy atom. The first kappa shape index (κ1) is 17.8. The first-order valence-electron chi connectivity index (χ1n) is 6.80. The molecule has 0 heterocycles. The van der Waals surface area contributed by atoms with Crippen molar-refractivity contribution < 1.29 is 4.79 Å². The van der Waals surface area contributed by atoms with E-state index >= 15 is 0 Å². The fourth-order valence-electron chi connectivity index (χ4n) is 1.94. The Morgan fingerprint density at radius 1 is 1.00 bits per heavy atom. The second kappa shape index (κ2) is 6.80. The minimum atomic E-state index is -0.302. The van der Waals surface area contributed by atoms with Crippen molar-refractivity contribution in [3.05, 3.63) is 0 Å². The first-order valence-corrected chi connectivity index (χ1v) is 7.25. The van der Waals surface area contributed by atoms with Crippen molar-refractivity contribution in [1.82, 2.24) is 9.80 Å². The van der Waals surface area contributed by atoms with Crippen LogP contribution in [0.1, 0.15) is 48.5 Å². The van der Waals surface area contributed by atoms with Crippen LogP contribution in [0.2, 0.25) is 0 Å². The zero-order valence-electron chi connectivity index (χ0n) is 13.1. The van der Waals surface area contributed by atoms with E-state index in [1.165, 1.54) is 0 Å². The number of amides is 1. The number of carbonyl (C=O) groups excluding carboxylic acids is 1. The van der Waals surface area contributed by atoms with Crippen molar-refractivity contribution >= 4 is 18.5 Å². The van der Waals surface area contributed by atoms with E-state index in [1.807, 2.05) is 32.6 Å². The predicted octanol–water partition coefficient (Wildman–Crippen LogP) is 2.87. The highest BCUT2D eigenvalue weighted by Crippen LogP contribution is 2.20. The summed E-state index contributed by atoms with van der Waals surface area (Å²) in [6.07, 6.45) is 0. The van der Waals surface area contributed by atoms with Gasteiger partial charge in [-0.2, -0.15) is 12.6 Å². The van der Waals surface area contributed by atoms with Gasteiger partial charge in [0.05, 0.1) is 4.87 Å². The lowest BCUT2D eigenvalue weighted by atomic mass is 9.94. The van der Waals surface area contributed by atoms with Gasteiger partial charge in [0.15, 0.2) is 0 Å². The van der Waals surface area contributed by atoms with Gasteiger partial charge in [0.25, 0.3) is 0 Å². The molecule has 108 valence electrons. The first-order chi connectivity index (χ1) is 8.04. The molecule has 0 atom stereocenters. The largest absolute Gasteiger partial charge is 0.341 e. The van der Waals surface area contributed by atoms with Gasteiger partial charge in [-0.15, -0.1) is 0 Å². The monoisotopic (exact) mass is 274 g/mol. The summed E-state index contributed by atoms with van der Waals surface area (Å²) in [4.78, 5) is 16.3. The molecular formula is C14H30N2OS. The minimum absolute atomic E-state index is 0.140. The molecule has 0 aliphatic carbocycles. The molecule has 0 aliphatic rings. The van der Waals surface area contributed by atoms with Crippen molar-refractivity contribution in [3.63, 3.8) is 0 Å². The zero-order chi connectivity index (χ0) is 14.6. The number of thiol groups is 1. The standard InChI is InChI=1S/C14H30N2OS/c1-8-15(12(17)13(3,4)5)10-11-16(9-2)14(6,7)18/h18H,8-11H2,1-7H3. The van der Waals surface area contributed by atoms with Crippen LogP contribution in [0.3, 0.4) is 0 Å². The van der Waals surface area contributed by atoms with Gasteiger partial charge >= 0.3 is 0 Å². The molecule has 0 aromatic rings.